The fourth-order valence-corrected chi connectivity index (χ4v) is 1.92. The number of phenols is 1. The van der Waals surface area contributed by atoms with Crippen molar-refractivity contribution in [2.75, 3.05) is 7.05 Å². The molecule has 0 saturated carbocycles. The monoisotopic (exact) mass is 293 g/mol. The van der Waals surface area contributed by atoms with Gasteiger partial charge in [0.05, 0.1) is 0 Å². The predicted octanol–water partition coefficient (Wildman–Crippen LogP) is 2.35. The molecule has 0 spiro atoms. The summed E-state index contributed by atoms with van der Waals surface area (Å²) in [5.74, 6) is -0.227. The summed E-state index contributed by atoms with van der Waals surface area (Å²) in [4.78, 5) is 17.8. The van der Waals surface area contributed by atoms with Crippen LogP contribution in [0.2, 0.25) is 0 Å². The van der Waals surface area contributed by atoms with Crippen LogP contribution in [0.5, 0.6) is 5.75 Å². The molecule has 0 radical (unpaired) electrons. The number of hydrogen-bond acceptors (Lipinski definition) is 4. The Morgan fingerprint density at radius 2 is 2.09 bits per heavy atom. The topological polar surface area (TPSA) is 77.2 Å². The predicted molar refractivity (Wildman–Crippen MR) is 82.4 cm³/mol. The van der Waals surface area contributed by atoms with Gasteiger partial charge in [0.1, 0.15) is 17.4 Å². The molecule has 22 heavy (non-hydrogen) atoms. The Hall–Kier alpha value is -3.13. The van der Waals surface area contributed by atoms with Crippen LogP contribution in [-0.2, 0) is 11.3 Å². The average molecular weight is 293 g/mol. The van der Waals surface area contributed by atoms with Gasteiger partial charge in [-0.3, -0.25) is 9.78 Å². The molecule has 0 saturated heterocycles. The van der Waals surface area contributed by atoms with Gasteiger partial charge in [0.25, 0.3) is 5.91 Å². The Morgan fingerprint density at radius 3 is 2.68 bits per heavy atom. The number of amides is 1. The molecule has 1 heterocycles. The van der Waals surface area contributed by atoms with Crippen LogP contribution in [-0.4, -0.2) is 27.9 Å². The first-order chi connectivity index (χ1) is 10.6. The standard InChI is InChI=1S/C17H15N3O2/c1-20(12-14-3-2-8-19-11-14)17(22)15(10-18)9-13-4-6-16(21)7-5-13/h2-9,11,21H,12H2,1H3/b15-9+. The number of pyridine rings is 1. The van der Waals surface area contributed by atoms with E-state index in [1.165, 1.54) is 23.1 Å². The Kier molecular flexibility index (Phi) is 4.89. The van der Waals surface area contributed by atoms with Crippen LogP contribution in [0.15, 0.2) is 54.4 Å². The summed E-state index contributed by atoms with van der Waals surface area (Å²) in [6.07, 6.45) is 4.85. The summed E-state index contributed by atoms with van der Waals surface area (Å²) >= 11 is 0. The molecule has 1 N–H and O–H groups in total. The van der Waals surface area contributed by atoms with Crippen molar-refractivity contribution in [2.24, 2.45) is 0 Å². The molecule has 1 aromatic heterocycles. The Morgan fingerprint density at radius 1 is 1.36 bits per heavy atom. The number of phenolic OH excluding ortho intramolecular Hbond substituents is 1. The normalized spacial score (nSPS) is 10.8. The SMILES string of the molecule is CN(Cc1cccnc1)C(=O)/C(C#N)=C/c1ccc(O)cc1. The number of aromatic nitrogens is 1. The molecule has 5 nitrogen and oxygen atoms in total. The second-order valence-corrected chi connectivity index (χ2v) is 4.78. The fourth-order valence-electron chi connectivity index (χ4n) is 1.92. The Balaban J connectivity index is 2.14. The third-order valence-electron chi connectivity index (χ3n) is 3.04. The number of rotatable bonds is 4. The number of carbonyl (C=O) groups is 1. The molecule has 1 aromatic carbocycles. The maximum Gasteiger partial charge on any atom is 0.264 e. The number of aromatic hydroxyl groups is 1. The third-order valence-corrected chi connectivity index (χ3v) is 3.04. The number of nitrogens with zero attached hydrogens (tertiary/aromatic N) is 3. The number of carbonyl (C=O) groups excluding carboxylic acids is 1. The zero-order valence-electron chi connectivity index (χ0n) is 12.1. The van der Waals surface area contributed by atoms with Crippen LogP contribution in [0.25, 0.3) is 6.08 Å². The average Bonchev–Trinajstić information content (AvgIpc) is 2.54. The molecule has 2 aromatic rings. The zero-order chi connectivity index (χ0) is 15.9. The minimum Gasteiger partial charge on any atom is -0.508 e. The van der Waals surface area contributed by atoms with E-state index < -0.39 is 0 Å². The summed E-state index contributed by atoms with van der Waals surface area (Å²) in [5, 5.41) is 18.4. The van der Waals surface area contributed by atoms with Crippen LogP contribution in [0.4, 0.5) is 0 Å². The number of hydrogen-bond donors (Lipinski definition) is 1. The molecule has 2 rings (SSSR count). The van der Waals surface area contributed by atoms with Crippen molar-refractivity contribution in [2.45, 2.75) is 6.54 Å². The molecular formula is C17H15N3O2. The van der Waals surface area contributed by atoms with E-state index in [0.29, 0.717) is 12.1 Å². The van der Waals surface area contributed by atoms with E-state index in [0.717, 1.165) is 5.56 Å². The first-order valence-corrected chi connectivity index (χ1v) is 6.65. The van der Waals surface area contributed by atoms with E-state index in [1.54, 1.807) is 37.6 Å². The van der Waals surface area contributed by atoms with Crippen molar-refractivity contribution >= 4 is 12.0 Å². The quantitative estimate of drug-likeness (QED) is 0.693. The van der Waals surface area contributed by atoms with E-state index >= 15 is 0 Å². The van der Waals surface area contributed by atoms with Crippen molar-refractivity contribution < 1.29 is 9.90 Å². The van der Waals surface area contributed by atoms with Crippen LogP contribution in [0.1, 0.15) is 11.1 Å². The van der Waals surface area contributed by atoms with E-state index in [4.69, 9.17) is 0 Å². The van der Waals surface area contributed by atoms with E-state index in [-0.39, 0.29) is 17.2 Å². The van der Waals surface area contributed by atoms with Gasteiger partial charge in [-0.25, -0.2) is 0 Å². The molecule has 0 aliphatic heterocycles. The lowest BCUT2D eigenvalue weighted by Gasteiger charge is -2.16. The van der Waals surface area contributed by atoms with Crippen LogP contribution in [0, 0.1) is 11.3 Å². The van der Waals surface area contributed by atoms with Crippen molar-refractivity contribution in [1.82, 2.24) is 9.88 Å². The van der Waals surface area contributed by atoms with Gasteiger partial charge in [0.2, 0.25) is 0 Å². The summed E-state index contributed by atoms with van der Waals surface area (Å²) in [6.45, 7) is 0.376. The van der Waals surface area contributed by atoms with Crippen molar-refractivity contribution in [1.29, 1.82) is 5.26 Å². The highest BCUT2D eigenvalue weighted by Crippen LogP contribution is 2.14. The molecule has 0 unspecified atom stereocenters. The summed E-state index contributed by atoms with van der Waals surface area (Å²) in [7, 11) is 1.64. The second kappa shape index (κ2) is 7.04. The Labute approximate surface area is 128 Å². The van der Waals surface area contributed by atoms with Gasteiger partial charge in [-0.2, -0.15) is 5.26 Å². The maximum atomic E-state index is 12.3. The summed E-state index contributed by atoms with van der Waals surface area (Å²) < 4.78 is 0. The summed E-state index contributed by atoms with van der Waals surface area (Å²) in [6, 6.07) is 11.9. The van der Waals surface area contributed by atoms with Crippen molar-refractivity contribution in [3.63, 3.8) is 0 Å². The van der Waals surface area contributed by atoms with Gasteiger partial charge >= 0.3 is 0 Å². The van der Waals surface area contributed by atoms with Gasteiger partial charge < -0.3 is 10.0 Å². The highest BCUT2D eigenvalue weighted by atomic mass is 16.3. The molecule has 0 aliphatic carbocycles. The molecule has 1 amide bonds. The lowest BCUT2D eigenvalue weighted by molar-refractivity contribution is -0.125. The molecule has 110 valence electrons. The lowest BCUT2D eigenvalue weighted by Crippen LogP contribution is -2.27. The minimum absolute atomic E-state index is 0.0390. The second-order valence-electron chi connectivity index (χ2n) is 4.78. The molecule has 0 aliphatic rings. The van der Waals surface area contributed by atoms with E-state index in [1.807, 2.05) is 12.1 Å². The third kappa shape index (κ3) is 3.93. The molecule has 0 atom stereocenters. The lowest BCUT2D eigenvalue weighted by atomic mass is 10.1. The van der Waals surface area contributed by atoms with Crippen molar-refractivity contribution in [3.05, 3.63) is 65.5 Å². The van der Waals surface area contributed by atoms with Crippen LogP contribution >= 0.6 is 0 Å². The smallest absolute Gasteiger partial charge is 0.264 e. The molecular weight excluding hydrogens is 278 g/mol. The van der Waals surface area contributed by atoms with Gasteiger partial charge in [-0.1, -0.05) is 18.2 Å². The van der Waals surface area contributed by atoms with E-state index in [9.17, 15) is 15.2 Å². The Bertz CT molecular complexity index is 716. The van der Waals surface area contributed by atoms with E-state index in [2.05, 4.69) is 4.98 Å². The first kappa shape index (κ1) is 15.3. The molecule has 0 fully saturated rings. The molecule has 5 heteroatoms. The van der Waals surface area contributed by atoms with Gasteiger partial charge in [0.15, 0.2) is 0 Å². The maximum absolute atomic E-state index is 12.3. The van der Waals surface area contributed by atoms with Gasteiger partial charge in [-0.05, 0) is 35.4 Å². The van der Waals surface area contributed by atoms with Gasteiger partial charge in [-0.15, -0.1) is 0 Å². The largest absolute Gasteiger partial charge is 0.508 e. The van der Waals surface area contributed by atoms with Crippen LogP contribution in [0.3, 0.4) is 0 Å². The minimum atomic E-state index is -0.362. The zero-order valence-corrected chi connectivity index (χ0v) is 12.1. The highest BCUT2D eigenvalue weighted by Gasteiger charge is 2.15. The number of benzene rings is 1. The fraction of sp³-hybridized carbons (Fsp3) is 0.118. The van der Waals surface area contributed by atoms with Crippen molar-refractivity contribution in [3.8, 4) is 11.8 Å². The van der Waals surface area contributed by atoms with Gasteiger partial charge in [0, 0.05) is 26.0 Å². The number of likely N-dealkylation sites (N-methyl/N-ethyl adjacent to an activating group) is 1. The van der Waals surface area contributed by atoms with Crippen LogP contribution < -0.4 is 0 Å². The molecule has 0 bridgehead atoms. The summed E-state index contributed by atoms with van der Waals surface area (Å²) in [5.41, 5.74) is 1.61. The highest BCUT2D eigenvalue weighted by molar-refractivity contribution is 6.01. The first-order valence-electron chi connectivity index (χ1n) is 6.65. The number of nitriles is 1.